The van der Waals surface area contributed by atoms with Crippen LogP contribution in [0.4, 0.5) is 5.69 Å². The number of ether oxygens (including phenoxy) is 3. The Bertz CT molecular complexity index is 2870. The largest absolute Gasteiger partial charge is 0.505 e. The Kier molecular flexibility index (Phi) is 10.5. The summed E-state index contributed by atoms with van der Waals surface area (Å²) in [6.45, 7) is 18.6. The van der Waals surface area contributed by atoms with Crippen molar-refractivity contribution in [1.29, 1.82) is 0 Å². The lowest BCUT2D eigenvalue weighted by molar-refractivity contribution is -0.139. The van der Waals surface area contributed by atoms with E-state index in [1.165, 1.54) is 0 Å². The standard InChI is InChI=1S/C24H28N4O5.C18H17ClN4O3/c1-14(2)22(30)33-12-11-32-20-10-9-18(21(29)15(20)3)27-26-17-8-7-16(13-19(17)28(26)27)25-23(31)24(4,5)6;1-11(2)18(25)20-7-8-26-13-4-6-15(17(24)10-13)22-21-14-5-3-12(19)9-16(14)23(21)22/h7-10,13,29H,1,11-12H2,2-6H3,(H,25,31);3-6,9-10,24H,1,7-8H2,2H3,(H,20,25). The summed E-state index contributed by atoms with van der Waals surface area (Å²) in [5, 5.41) is 27.4. The fourth-order valence-electron chi connectivity index (χ4n) is 6.11. The molecule has 4 N–H and O–H groups in total. The molecule has 308 valence electrons. The average molecular weight is 825 g/mol. The molecule has 0 radical (unpaired) electrons. The number of phenols is 2. The Morgan fingerprint density at radius 3 is 2.02 bits per heavy atom. The number of esters is 1. The molecule has 0 bridgehead atoms. The maximum atomic E-state index is 12.3. The molecule has 0 fully saturated rings. The molecule has 17 heteroatoms. The van der Waals surface area contributed by atoms with Crippen molar-refractivity contribution in [3.63, 3.8) is 0 Å². The van der Waals surface area contributed by atoms with Crippen molar-refractivity contribution in [2.45, 2.75) is 41.5 Å². The molecule has 0 atom stereocenters. The van der Waals surface area contributed by atoms with Crippen molar-refractivity contribution in [1.82, 2.24) is 33.4 Å². The summed E-state index contributed by atoms with van der Waals surface area (Å²) in [4.78, 5) is 38.8. The number of amides is 2. The molecule has 0 saturated carbocycles. The first kappa shape index (κ1) is 40.3. The van der Waals surface area contributed by atoms with Gasteiger partial charge < -0.3 is 35.1 Å². The Hall–Kier alpha value is -6.94. The Labute approximate surface area is 343 Å². The summed E-state index contributed by atoms with van der Waals surface area (Å²) in [6, 6.07) is 20.0. The minimum atomic E-state index is -0.486. The van der Waals surface area contributed by atoms with Gasteiger partial charge in [-0.2, -0.15) is 0 Å². The summed E-state index contributed by atoms with van der Waals surface area (Å²) < 4.78 is 23.9. The van der Waals surface area contributed by atoms with E-state index in [9.17, 15) is 24.6 Å². The fourth-order valence-corrected chi connectivity index (χ4v) is 6.27. The number of nitrogens with one attached hydrogen (secondary N) is 2. The lowest BCUT2D eigenvalue weighted by atomic mass is 9.95. The van der Waals surface area contributed by atoms with Crippen LogP contribution in [0.15, 0.2) is 91.0 Å². The van der Waals surface area contributed by atoms with Gasteiger partial charge in [0.2, 0.25) is 11.8 Å². The minimum absolute atomic E-state index is 0.0560. The highest BCUT2D eigenvalue weighted by Gasteiger charge is 2.29. The number of hydrogen-bond donors (Lipinski definition) is 4. The zero-order valence-electron chi connectivity index (χ0n) is 33.5. The Morgan fingerprint density at radius 1 is 0.746 bits per heavy atom. The van der Waals surface area contributed by atoms with Crippen molar-refractivity contribution in [2.75, 3.05) is 31.7 Å². The van der Waals surface area contributed by atoms with Crippen molar-refractivity contribution in [3.8, 4) is 34.4 Å². The first-order valence-corrected chi connectivity index (χ1v) is 19.1. The molecule has 0 saturated heterocycles. The van der Waals surface area contributed by atoms with E-state index < -0.39 is 11.4 Å². The number of anilines is 1. The quantitative estimate of drug-likeness (QED) is 0.0561. The van der Waals surface area contributed by atoms with Crippen molar-refractivity contribution in [2.24, 2.45) is 5.41 Å². The van der Waals surface area contributed by atoms with Crippen LogP contribution in [0.2, 0.25) is 5.02 Å². The zero-order chi connectivity index (χ0) is 42.5. The number of fused-ring (bicyclic) bond motifs is 8. The highest BCUT2D eigenvalue weighted by Crippen LogP contribution is 2.37. The molecular formula is C42H45ClN8O8. The van der Waals surface area contributed by atoms with Crippen molar-refractivity contribution in [3.05, 3.63) is 102 Å². The number of aromatic nitrogens is 6. The van der Waals surface area contributed by atoms with Gasteiger partial charge in [-0.15, -0.1) is 28.1 Å². The van der Waals surface area contributed by atoms with Crippen molar-refractivity contribution >= 4 is 57.1 Å². The van der Waals surface area contributed by atoms with E-state index in [4.69, 9.17) is 25.8 Å². The fraction of sp³-hybridized carbons (Fsp3) is 0.262. The lowest BCUT2D eigenvalue weighted by Crippen LogP contribution is -2.28. The molecule has 0 unspecified atom stereocenters. The average Bonchev–Trinajstić information content (AvgIpc) is 4.05. The van der Waals surface area contributed by atoms with Crippen LogP contribution in [0.25, 0.3) is 33.4 Å². The second kappa shape index (κ2) is 15.4. The maximum Gasteiger partial charge on any atom is 0.333 e. The normalized spacial score (nSPS) is 11.7. The maximum absolute atomic E-state index is 12.3. The lowest BCUT2D eigenvalue weighted by Gasteiger charge is -2.17. The Balaban J connectivity index is 0.000000184. The molecule has 4 aromatic carbocycles. The second-order valence-corrected chi connectivity index (χ2v) is 15.6. The first-order chi connectivity index (χ1) is 28.0. The third-order valence-corrected chi connectivity index (χ3v) is 9.67. The number of rotatable bonds is 13. The topological polar surface area (TPSA) is 171 Å². The number of nitrogens with zero attached hydrogens (tertiary/aromatic N) is 6. The third kappa shape index (κ3) is 7.86. The van der Waals surface area contributed by atoms with E-state index in [2.05, 4.69) is 23.8 Å². The van der Waals surface area contributed by atoms with Gasteiger partial charge in [0.1, 0.15) is 76.3 Å². The van der Waals surface area contributed by atoms with Crippen LogP contribution in [-0.2, 0) is 19.1 Å². The van der Waals surface area contributed by atoms with E-state index in [0.29, 0.717) is 57.8 Å². The number of benzene rings is 4. The van der Waals surface area contributed by atoms with Crippen LogP contribution in [0, 0.1) is 12.3 Å². The molecule has 0 aliphatic carbocycles. The summed E-state index contributed by atoms with van der Waals surface area (Å²) >= 11 is 6.02. The zero-order valence-corrected chi connectivity index (χ0v) is 34.3. The number of hydrogen-bond acceptors (Lipinski definition) is 8. The van der Waals surface area contributed by atoms with E-state index in [1.54, 1.807) is 51.1 Å². The number of halogens is 1. The number of phenolic OH excluding ortho intramolecular Hbond substituents is 2. The molecule has 8 aromatic rings. The van der Waals surface area contributed by atoms with Crippen LogP contribution >= 0.6 is 11.6 Å². The van der Waals surface area contributed by atoms with Crippen LogP contribution in [0.3, 0.4) is 0 Å². The van der Waals surface area contributed by atoms with Gasteiger partial charge in [-0.3, -0.25) is 9.59 Å². The van der Waals surface area contributed by atoms with Crippen molar-refractivity contribution < 1.29 is 38.8 Å². The number of carbonyl (C=O) groups is 3. The molecule has 2 amide bonds. The van der Waals surface area contributed by atoms with E-state index in [0.717, 1.165) is 27.8 Å². The molecule has 0 spiro atoms. The first-order valence-electron chi connectivity index (χ1n) is 18.7. The third-order valence-electron chi connectivity index (χ3n) is 9.43. The molecule has 0 aliphatic heterocycles. The van der Waals surface area contributed by atoms with Gasteiger partial charge in [-0.05, 0) is 81.4 Å². The van der Waals surface area contributed by atoms with E-state index in [-0.39, 0.29) is 36.5 Å². The minimum Gasteiger partial charge on any atom is -0.505 e. The van der Waals surface area contributed by atoms with Crippen LogP contribution in [0.1, 0.15) is 40.2 Å². The van der Waals surface area contributed by atoms with Gasteiger partial charge in [0.25, 0.3) is 0 Å². The van der Waals surface area contributed by atoms with Gasteiger partial charge in [-0.25, -0.2) is 4.79 Å². The number of carbonyl (C=O) groups excluding carboxylic acids is 3. The SMILES string of the molecule is C=C(C)C(=O)NCCOc1ccc(-n2n3c4ccc(Cl)cc4n23)c(O)c1.C=C(C)C(=O)OCCOc1ccc(-n2n3c4ccc(NC(=O)C(C)(C)C)cc4n23)c(O)c1C. The van der Waals surface area contributed by atoms with Gasteiger partial charge >= 0.3 is 5.97 Å². The van der Waals surface area contributed by atoms with E-state index in [1.807, 2.05) is 85.3 Å². The summed E-state index contributed by atoms with van der Waals surface area (Å²) in [7, 11) is 0. The molecule has 59 heavy (non-hydrogen) atoms. The predicted molar refractivity (Wildman–Crippen MR) is 223 cm³/mol. The molecule has 16 nitrogen and oxygen atoms in total. The summed E-state index contributed by atoms with van der Waals surface area (Å²) in [6.07, 6.45) is 0. The highest BCUT2D eigenvalue weighted by molar-refractivity contribution is 6.31. The van der Waals surface area contributed by atoms with Gasteiger partial charge in [0, 0.05) is 38.9 Å². The van der Waals surface area contributed by atoms with Gasteiger partial charge in [0.15, 0.2) is 0 Å². The summed E-state index contributed by atoms with van der Waals surface area (Å²) in [5.74, 6) is 0.496. The van der Waals surface area contributed by atoms with Crippen LogP contribution < -0.4 is 20.1 Å². The molecule has 0 aliphatic rings. The van der Waals surface area contributed by atoms with E-state index >= 15 is 0 Å². The monoisotopic (exact) mass is 824 g/mol. The van der Waals surface area contributed by atoms with Gasteiger partial charge in [0.05, 0.1) is 6.54 Å². The van der Waals surface area contributed by atoms with Gasteiger partial charge in [-0.1, -0.05) is 45.5 Å². The Morgan fingerprint density at radius 2 is 1.37 bits per heavy atom. The molecule has 8 rings (SSSR count). The number of aromatic hydroxyl groups is 2. The van der Waals surface area contributed by atoms with Crippen LogP contribution in [0.5, 0.6) is 23.0 Å². The molecule has 4 aromatic heterocycles. The molecular weight excluding hydrogens is 780 g/mol. The van der Waals surface area contributed by atoms with Crippen LogP contribution in [-0.4, -0.2) is 82.5 Å². The molecule has 4 heterocycles. The smallest absolute Gasteiger partial charge is 0.333 e. The second-order valence-electron chi connectivity index (χ2n) is 15.1. The highest BCUT2D eigenvalue weighted by atomic mass is 35.5. The predicted octanol–water partition coefficient (Wildman–Crippen LogP) is 6.77. The summed E-state index contributed by atoms with van der Waals surface area (Å²) in [5.41, 5.74) is 6.76.